The molecule has 0 aliphatic carbocycles. The minimum Gasteiger partial charge on any atom is -0.495 e. The molecular weight excluding hydrogens is 226 g/mol. The van der Waals surface area contributed by atoms with Crippen LogP contribution in [0.2, 0.25) is 0 Å². The normalized spacial score (nSPS) is 20.4. The lowest BCUT2D eigenvalue weighted by Gasteiger charge is -2.30. The number of benzene rings is 1. The van der Waals surface area contributed by atoms with E-state index in [1.165, 1.54) is 0 Å². The molecule has 1 saturated heterocycles. The van der Waals surface area contributed by atoms with Gasteiger partial charge in [-0.2, -0.15) is 5.26 Å². The van der Waals surface area contributed by atoms with Crippen molar-refractivity contribution in [3.8, 4) is 11.8 Å². The van der Waals surface area contributed by atoms with Crippen molar-refractivity contribution in [2.45, 2.75) is 25.4 Å². The third kappa shape index (κ3) is 3.00. The molecule has 0 bridgehead atoms. The van der Waals surface area contributed by atoms with E-state index in [0.29, 0.717) is 11.3 Å². The van der Waals surface area contributed by atoms with Crippen LogP contribution in [0.25, 0.3) is 0 Å². The second kappa shape index (κ2) is 5.85. The molecule has 1 unspecified atom stereocenters. The monoisotopic (exact) mass is 245 g/mol. The van der Waals surface area contributed by atoms with Gasteiger partial charge in [-0.1, -0.05) is 6.07 Å². The Morgan fingerprint density at radius 2 is 2.39 bits per heavy atom. The average Bonchev–Trinajstić information content (AvgIpc) is 2.38. The molecule has 0 spiro atoms. The largest absolute Gasteiger partial charge is 0.495 e. The van der Waals surface area contributed by atoms with Gasteiger partial charge in [0, 0.05) is 19.1 Å². The number of nitriles is 1. The molecule has 1 heterocycles. The number of rotatable bonds is 3. The van der Waals surface area contributed by atoms with Crippen LogP contribution < -0.4 is 10.5 Å². The summed E-state index contributed by atoms with van der Waals surface area (Å²) in [6.45, 7) is 2.88. The van der Waals surface area contributed by atoms with E-state index in [9.17, 15) is 0 Å². The van der Waals surface area contributed by atoms with Gasteiger partial charge in [-0.3, -0.25) is 4.90 Å². The molecule has 0 aromatic heterocycles. The molecule has 1 aliphatic heterocycles. The van der Waals surface area contributed by atoms with Crippen LogP contribution in [0.1, 0.15) is 24.0 Å². The van der Waals surface area contributed by atoms with Crippen LogP contribution in [-0.2, 0) is 6.54 Å². The van der Waals surface area contributed by atoms with Gasteiger partial charge in [0.15, 0.2) is 0 Å². The fourth-order valence-electron chi connectivity index (χ4n) is 2.43. The third-order valence-electron chi connectivity index (χ3n) is 3.33. The number of ether oxygens (including phenoxy) is 1. The number of piperidine rings is 1. The van der Waals surface area contributed by atoms with Crippen LogP contribution in [-0.4, -0.2) is 31.1 Å². The molecule has 4 nitrogen and oxygen atoms in total. The molecule has 2 N–H and O–H groups in total. The maximum atomic E-state index is 9.06. The van der Waals surface area contributed by atoms with E-state index in [-0.39, 0.29) is 6.04 Å². The predicted octanol–water partition coefficient (Wildman–Crippen LogP) is 1.49. The van der Waals surface area contributed by atoms with Crippen molar-refractivity contribution in [2.75, 3.05) is 20.2 Å². The molecule has 2 rings (SSSR count). The predicted molar refractivity (Wildman–Crippen MR) is 70.2 cm³/mol. The number of nitrogens with two attached hydrogens (primary N) is 1. The van der Waals surface area contributed by atoms with E-state index in [1.807, 2.05) is 18.2 Å². The van der Waals surface area contributed by atoms with Crippen molar-refractivity contribution in [3.63, 3.8) is 0 Å². The molecule has 4 heteroatoms. The maximum absolute atomic E-state index is 9.06. The van der Waals surface area contributed by atoms with Crippen LogP contribution in [0.15, 0.2) is 18.2 Å². The first-order valence-corrected chi connectivity index (χ1v) is 6.28. The summed E-state index contributed by atoms with van der Waals surface area (Å²) in [7, 11) is 1.58. The first kappa shape index (κ1) is 12.9. The Morgan fingerprint density at radius 1 is 1.56 bits per heavy atom. The van der Waals surface area contributed by atoms with Crippen LogP contribution in [0, 0.1) is 11.3 Å². The quantitative estimate of drug-likeness (QED) is 0.876. The van der Waals surface area contributed by atoms with Gasteiger partial charge < -0.3 is 10.5 Å². The minimum atomic E-state index is 0.285. The van der Waals surface area contributed by atoms with E-state index in [4.69, 9.17) is 15.7 Å². The van der Waals surface area contributed by atoms with E-state index < -0.39 is 0 Å². The number of likely N-dealkylation sites (tertiary alicyclic amines) is 1. The van der Waals surface area contributed by atoms with E-state index in [2.05, 4.69) is 11.0 Å². The molecule has 1 atom stereocenters. The molecule has 0 radical (unpaired) electrons. The summed E-state index contributed by atoms with van der Waals surface area (Å²) < 4.78 is 5.14. The topological polar surface area (TPSA) is 62.3 Å². The van der Waals surface area contributed by atoms with Crippen molar-refractivity contribution >= 4 is 0 Å². The Bertz CT molecular complexity index is 453. The molecule has 0 amide bonds. The van der Waals surface area contributed by atoms with Crippen molar-refractivity contribution in [2.24, 2.45) is 5.73 Å². The Morgan fingerprint density at radius 3 is 3.06 bits per heavy atom. The van der Waals surface area contributed by atoms with Crippen LogP contribution in [0.4, 0.5) is 0 Å². The summed E-state index contributed by atoms with van der Waals surface area (Å²) in [6, 6.07) is 8.22. The lowest BCUT2D eigenvalue weighted by Crippen LogP contribution is -2.42. The van der Waals surface area contributed by atoms with Gasteiger partial charge in [-0.05, 0) is 37.1 Å². The fourth-order valence-corrected chi connectivity index (χ4v) is 2.43. The zero-order valence-corrected chi connectivity index (χ0v) is 10.7. The summed E-state index contributed by atoms with van der Waals surface area (Å²) in [5, 5.41) is 9.06. The van der Waals surface area contributed by atoms with Gasteiger partial charge in [0.1, 0.15) is 11.8 Å². The summed E-state index contributed by atoms with van der Waals surface area (Å²) >= 11 is 0. The second-order valence-corrected chi connectivity index (χ2v) is 4.78. The highest BCUT2D eigenvalue weighted by Crippen LogP contribution is 2.20. The fraction of sp³-hybridized carbons (Fsp3) is 0.500. The summed E-state index contributed by atoms with van der Waals surface area (Å²) in [6.07, 6.45) is 2.27. The molecule has 96 valence electrons. The van der Waals surface area contributed by atoms with Crippen LogP contribution >= 0.6 is 0 Å². The number of methoxy groups -OCH3 is 1. The molecule has 18 heavy (non-hydrogen) atoms. The summed E-state index contributed by atoms with van der Waals surface area (Å²) in [5.41, 5.74) is 7.70. The van der Waals surface area contributed by atoms with Gasteiger partial charge in [-0.25, -0.2) is 0 Å². The smallest absolute Gasteiger partial charge is 0.136 e. The van der Waals surface area contributed by atoms with Crippen LogP contribution in [0.5, 0.6) is 5.75 Å². The highest BCUT2D eigenvalue weighted by atomic mass is 16.5. The third-order valence-corrected chi connectivity index (χ3v) is 3.33. The number of nitrogens with zero attached hydrogens (tertiary/aromatic N) is 2. The molecule has 1 fully saturated rings. The van der Waals surface area contributed by atoms with Gasteiger partial charge in [-0.15, -0.1) is 0 Å². The zero-order valence-electron chi connectivity index (χ0n) is 10.7. The molecule has 1 aromatic carbocycles. The van der Waals surface area contributed by atoms with Crippen molar-refractivity contribution in [1.82, 2.24) is 4.90 Å². The van der Waals surface area contributed by atoms with Gasteiger partial charge in [0.25, 0.3) is 0 Å². The Kier molecular flexibility index (Phi) is 4.19. The Balaban J connectivity index is 2.07. The minimum absolute atomic E-state index is 0.285. The van der Waals surface area contributed by atoms with Gasteiger partial charge in [0.2, 0.25) is 0 Å². The average molecular weight is 245 g/mol. The van der Waals surface area contributed by atoms with Crippen molar-refractivity contribution < 1.29 is 4.74 Å². The Labute approximate surface area is 108 Å². The van der Waals surface area contributed by atoms with E-state index >= 15 is 0 Å². The van der Waals surface area contributed by atoms with Gasteiger partial charge >= 0.3 is 0 Å². The Hall–Kier alpha value is -1.57. The highest BCUT2D eigenvalue weighted by molar-refractivity contribution is 5.45. The first-order chi connectivity index (χ1) is 8.72. The molecule has 1 aromatic rings. The molecule has 0 saturated carbocycles. The van der Waals surface area contributed by atoms with Gasteiger partial charge in [0.05, 0.1) is 12.7 Å². The van der Waals surface area contributed by atoms with Crippen molar-refractivity contribution in [3.05, 3.63) is 29.3 Å². The number of hydrogen-bond donors (Lipinski definition) is 1. The molecule has 1 aliphatic rings. The SMILES string of the molecule is COc1ccc(CN2CCCC(N)C2)cc1C#N. The lowest BCUT2D eigenvalue weighted by atomic mass is 10.0. The second-order valence-electron chi connectivity index (χ2n) is 4.78. The first-order valence-electron chi connectivity index (χ1n) is 6.28. The van der Waals surface area contributed by atoms with Crippen molar-refractivity contribution in [1.29, 1.82) is 5.26 Å². The molecular formula is C14H19N3O. The van der Waals surface area contributed by atoms with Crippen LogP contribution in [0.3, 0.4) is 0 Å². The maximum Gasteiger partial charge on any atom is 0.136 e. The standard InChI is InChI=1S/C14H19N3O/c1-18-14-5-4-11(7-12(14)8-15)9-17-6-2-3-13(16)10-17/h4-5,7,13H,2-3,6,9-10,16H2,1H3. The zero-order chi connectivity index (χ0) is 13.0. The lowest BCUT2D eigenvalue weighted by molar-refractivity contribution is 0.201. The number of hydrogen-bond acceptors (Lipinski definition) is 4. The summed E-state index contributed by atoms with van der Waals surface area (Å²) in [4.78, 5) is 2.34. The summed E-state index contributed by atoms with van der Waals surface area (Å²) in [5.74, 6) is 0.636. The highest BCUT2D eigenvalue weighted by Gasteiger charge is 2.17. The van der Waals surface area contributed by atoms with E-state index in [0.717, 1.165) is 38.0 Å². The van der Waals surface area contributed by atoms with E-state index in [1.54, 1.807) is 7.11 Å².